The Kier molecular flexibility index (Phi) is 12.1. The maximum Gasteiger partial charge on any atom is 0.242 e. The van der Waals surface area contributed by atoms with E-state index in [4.69, 9.17) is 12.2 Å². The lowest BCUT2D eigenvalue weighted by Crippen LogP contribution is -2.51. The van der Waals surface area contributed by atoms with Gasteiger partial charge >= 0.3 is 0 Å². The summed E-state index contributed by atoms with van der Waals surface area (Å²) in [5.74, 6) is -1.45. The van der Waals surface area contributed by atoms with Crippen LogP contribution in [0, 0.1) is 11.8 Å². The molecule has 6 N–H and O–H groups in total. The molecule has 2 aliphatic rings. The molecule has 10 nitrogen and oxygen atoms in total. The molecule has 1 atom stereocenters. The standard InChI is InChI=1S/C37H40N6O4S/c44-33(38-19-20-39-34(45)25-9-1-2-10-25)18-17-32(36(47)41-22-21-40-35(46)26-11-3-4-12-26)43-37(48)42-24-31-29-15-7-5-13-27(29)23-28-14-6-8-16-30(28)31/h1-16,23,25-26,32H,17-22,24H2,(H,38,44)(H,39,45)(H,40,46)(H,41,47)(H2,42,43,48)/t32-/m1/s1. The van der Waals surface area contributed by atoms with Crippen molar-refractivity contribution in [3.63, 3.8) is 0 Å². The van der Waals surface area contributed by atoms with Crippen molar-refractivity contribution < 1.29 is 19.2 Å². The lowest BCUT2D eigenvalue weighted by molar-refractivity contribution is -0.125. The first-order chi connectivity index (χ1) is 23.4. The molecule has 0 saturated heterocycles. The largest absolute Gasteiger partial charge is 0.359 e. The highest BCUT2D eigenvalue weighted by molar-refractivity contribution is 7.80. The van der Waals surface area contributed by atoms with Gasteiger partial charge in [-0.3, -0.25) is 19.2 Å². The average molecular weight is 665 g/mol. The second kappa shape index (κ2) is 17.0. The van der Waals surface area contributed by atoms with Crippen molar-refractivity contribution >= 4 is 62.5 Å². The van der Waals surface area contributed by atoms with Crippen molar-refractivity contribution in [1.82, 2.24) is 31.9 Å². The first-order valence-electron chi connectivity index (χ1n) is 16.1. The van der Waals surface area contributed by atoms with Gasteiger partial charge in [0, 0.05) is 39.1 Å². The number of rotatable bonds is 15. The van der Waals surface area contributed by atoms with Crippen molar-refractivity contribution in [3.8, 4) is 0 Å². The number of hydrogen-bond acceptors (Lipinski definition) is 5. The van der Waals surface area contributed by atoms with Gasteiger partial charge in [-0.15, -0.1) is 0 Å². The molecular weight excluding hydrogens is 625 g/mol. The summed E-state index contributed by atoms with van der Waals surface area (Å²) >= 11 is 5.64. The van der Waals surface area contributed by atoms with E-state index in [1.807, 2.05) is 48.6 Å². The third-order valence-electron chi connectivity index (χ3n) is 8.16. The zero-order valence-corrected chi connectivity index (χ0v) is 27.4. The summed E-state index contributed by atoms with van der Waals surface area (Å²) in [5.41, 5.74) is 1.09. The Morgan fingerprint density at radius 3 is 1.71 bits per heavy atom. The lowest BCUT2D eigenvalue weighted by atomic mass is 9.97. The molecule has 0 bridgehead atoms. The van der Waals surface area contributed by atoms with Crippen LogP contribution in [0.5, 0.6) is 0 Å². The Labute approximate surface area is 285 Å². The Balaban J connectivity index is 1.15. The highest BCUT2D eigenvalue weighted by atomic mass is 32.1. The Morgan fingerprint density at radius 2 is 1.15 bits per heavy atom. The van der Waals surface area contributed by atoms with Crippen molar-refractivity contribution in [2.45, 2.75) is 25.4 Å². The highest BCUT2D eigenvalue weighted by Crippen LogP contribution is 2.28. The van der Waals surface area contributed by atoms with Crippen LogP contribution in [-0.4, -0.2) is 61.0 Å². The Hall–Kier alpha value is -5.29. The predicted octanol–water partition coefficient (Wildman–Crippen LogP) is 3.06. The number of fused-ring (bicyclic) bond motifs is 2. The summed E-state index contributed by atoms with van der Waals surface area (Å²) < 4.78 is 0. The quantitative estimate of drug-likeness (QED) is 0.0834. The van der Waals surface area contributed by atoms with E-state index in [0.717, 1.165) is 27.1 Å². The normalized spacial score (nSPS) is 14.2. The van der Waals surface area contributed by atoms with E-state index in [-0.39, 0.29) is 73.1 Å². The van der Waals surface area contributed by atoms with E-state index in [0.29, 0.717) is 13.1 Å². The van der Waals surface area contributed by atoms with Gasteiger partial charge in [-0.2, -0.15) is 0 Å². The van der Waals surface area contributed by atoms with Crippen LogP contribution in [0.2, 0.25) is 0 Å². The smallest absolute Gasteiger partial charge is 0.242 e. The molecule has 248 valence electrons. The molecule has 48 heavy (non-hydrogen) atoms. The monoisotopic (exact) mass is 664 g/mol. The van der Waals surface area contributed by atoms with E-state index < -0.39 is 6.04 Å². The molecule has 0 saturated carbocycles. The van der Waals surface area contributed by atoms with Crippen LogP contribution in [0.4, 0.5) is 0 Å². The molecule has 0 aromatic heterocycles. The van der Waals surface area contributed by atoms with E-state index >= 15 is 0 Å². The van der Waals surface area contributed by atoms with Crippen LogP contribution in [0.15, 0.2) is 103 Å². The van der Waals surface area contributed by atoms with Gasteiger partial charge in [-0.05, 0) is 51.8 Å². The molecule has 0 heterocycles. The van der Waals surface area contributed by atoms with Crippen molar-refractivity contribution in [1.29, 1.82) is 0 Å². The molecule has 11 heteroatoms. The maximum atomic E-state index is 13.3. The van der Waals surface area contributed by atoms with Gasteiger partial charge in [-0.1, -0.05) is 97.1 Å². The van der Waals surface area contributed by atoms with E-state index in [2.05, 4.69) is 62.2 Å². The fourth-order valence-corrected chi connectivity index (χ4v) is 5.85. The third kappa shape index (κ3) is 9.38. The number of allylic oxidation sites excluding steroid dienone is 4. The van der Waals surface area contributed by atoms with E-state index in [1.54, 1.807) is 24.3 Å². The minimum Gasteiger partial charge on any atom is -0.359 e. The molecule has 0 spiro atoms. The summed E-state index contributed by atoms with van der Waals surface area (Å²) in [4.78, 5) is 50.4. The Bertz CT molecular complexity index is 1720. The van der Waals surface area contributed by atoms with Gasteiger partial charge in [0.2, 0.25) is 23.6 Å². The predicted molar refractivity (Wildman–Crippen MR) is 193 cm³/mol. The minimum atomic E-state index is -0.808. The van der Waals surface area contributed by atoms with Crippen molar-refractivity contribution in [2.24, 2.45) is 11.8 Å². The average Bonchev–Trinajstić information content (AvgIpc) is 3.84. The molecular formula is C37H40N6O4S. The topological polar surface area (TPSA) is 140 Å². The van der Waals surface area contributed by atoms with Gasteiger partial charge < -0.3 is 31.9 Å². The van der Waals surface area contributed by atoms with Crippen LogP contribution in [0.25, 0.3) is 21.5 Å². The number of nitrogens with one attached hydrogen (secondary N) is 6. The number of amides is 4. The number of carbonyl (C=O) groups is 4. The van der Waals surface area contributed by atoms with Crippen LogP contribution < -0.4 is 31.9 Å². The molecule has 3 aromatic carbocycles. The van der Waals surface area contributed by atoms with Gasteiger partial charge in [0.25, 0.3) is 0 Å². The van der Waals surface area contributed by atoms with Gasteiger partial charge in [0.15, 0.2) is 5.11 Å². The lowest BCUT2D eigenvalue weighted by Gasteiger charge is -2.21. The van der Waals surface area contributed by atoms with Crippen LogP contribution in [-0.2, 0) is 25.7 Å². The molecule has 0 unspecified atom stereocenters. The van der Waals surface area contributed by atoms with Gasteiger partial charge in [0.1, 0.15) is 6.04 Å². The fraction of sp³-hybridized carbons (Fsp3) is 0.270. The van der Waals surface area contributed by atoms with E-state index in [1.165, 1.54) is 0 Å². The third-order valence-corrected chi connectivity index (χ3v) is 8.42. The fourth-order valence-electron chi connectivity index (χ4n) is 5.64. The number of hydrogen-bond donors (Lipinski definition) is 6. The van der Waals surface area contributed by atoms with Gasteiger partial charge in [0.05, 0.1) is 11.8 Å². The molecule has 3 aromatic rings. The number of carbonyl (C=O) groups excluding carboxylic acids is 4. The summed E-state index contributed by atoms with van der Waals surface area (Å²) in [5, 5.41) is 22.3. The first kappa shape index (κ1) is 34.1. The summed E-state index contributed by atoms with van der Waals surface area (Å²) in [6.07, 6.45) is 14.7. The zero-order valence-electron chi connectivity index (χ0n) is 26.5. The van der Waals surface area contributed by atoms with Crippen LogP contribution in [0.1, 0.15) is 18.4 Å². The van der Waals surface area contributed by atoms with Crippen LogP contribution in [0.3, 0.4) is 0 Å². The Morgan fingerprint density at radius 1 is 0.646 bits per heavy atom. The van der Waals surface area contributed by atoms with Gasteiger partial charge in [-0.25, -0.2) is 0 Å². The minimum absolute atomic E-state index is 0.0563. The summed E-state index contributed by atoms with van der Waals surface area (Å²) in [6.45, 7) is 1.45. The molecule has 2 aliphatic carbocycles. The van der Waals surface area contributed by atoms with Crippen LogP contribution >= 0.6 is 12.2 Å². The molecule has 0 fully saturated rings. The highest BCUT2D eigenvalue weighted by Gasteiger charge is 2.21. The number of thiocarbonyl (C=S) groups is 1. The van der Waals surface area contributed by atoms with Crippen molar-refractivity contribution in [3.05, 3.63) is 109 Å². The maximum absolute atomic E-state index is 13.3. The van der Waals surface area contributed by atoms with E-state index in [9.17, 15) is 19.2 Å². The zero-order chi connectivity index (χ0) is 33.7. The molecule has 0 radical (unpaired) electrons. The second-order valence-electron chi connectivity index (χ2n) is 11.5. The SMILES string of the molecule is O=C(CC[C@@H](NC(=S)NCc1c2ccccc2cc2ccccc12)C(=O)NCCNC(=O)C1C=CC=C1)NCCNC(=O)C1C=CC=C1. The first-order valence-corrected chi connectivity index (χ1v) is 16.5. The summed E-state index contributed by atoms with van der Waals surface area (Å²) in [7, 11) is 0. The second-order valence-corrected chi connectivity index (χ2v) is 11.9. The van der Waals surface area contributed by atoms with Crippen molar-refractivity contribution in [2.75, 3.05) is 26.2 Å². The summed E-state index contributed by atoms with van der Waals surface area (Å²) in [6, 6.07) is 17.7. The molecule has 0 aliphatic heterocycles. The molecule has 5 rings (SSSR count). The number of benzene rings is 3. The molecule has 4 amide bonds.